The molecule has 0 fully saturated rings. The van der Waals surface area contributed by atoms with Crippen LogP contribution in [0.1, 0.15) is 44.5 Å². The van der Waals surface area contributed by atoms with Crippen LogP contribution >= 0.6 is 0 Å². The average molecular weight is 320 g/mol. The zero-order chi connectivity index (χ0) is 17.4. The predicted octanol–water partition coefficient (Wildman–Crippen LogP) is 1.96. The summed E-state index contributed by atoms with van der Waals surface area (Å²) in [6, 6.07) is 8.13. The quantitative estimate of drug-likeness (QED) is 0.685. The second-order valence-corrected chi connectivity index (χ2v) is 6.43. The van der Waals surface area contributed by atoms with Crippen molar-refractivity contribution in [3.05, 3.63) is 35.9 Å². The van der Waals surface area contributed by atoms with E-state index in [2.05, 4.69) is 10.6 Å². The largest absolute Gasteiger partial charge is 0.396 e. The van der Waals surface area contributed by atoms with Crippen molar-refractivity contribution in [2.75, 3.05) is 6.61 Å². The van der Waals surface area contributed by atoms with E-state index in [0.717, 1.165) is 0 Å². The molecule has 2 atom stereocenters. The van der Waals surface area contributed by atoms with Gasteiger partial charge < -0.3 is 15.7 Å². The monoisotopic (exact) mass is 320 g/mol. The van der Waals surface area contributed by atoms with E-state index in [1.165, 1.54) is 0 Å². The van der Waals surface area contributed by atoms with Crippen LogP contribution in [0.4, 0.5) is 0 Å². The lowest BCUT2D eigenvalue weighted by Crippen LogP contribution is -2.53. The van der Waals surface area contributed by atoms with Gasteiger partial charge in [0.05, 0.1) is 0 Å². The van der Waals surface area contributed by atoms with Crippen molar-refractivity contribution in [1.29, 1.82) is 0 Å². The summed E-state index contributed by atoms with van der Waals surface area (Å²) < 4.78 is 0. The van der Waals surface area contributed by atoms with Gasteiger partial charge in [-0.3, -0.25) is 9.59 Å². The van der Waals surface area contributed by atoms with Crippen LogP contribution in [0.5, 0.6) is 0 Å². The van der Waals surface area contributed by atoms with Gasteiger partial charge >= 0.3 is 0 Å². The highest BCUT2D eigenvalue weighted by Gasteiger charge is 2.27. The highest BCUT2D eigenvalue weighted by molar-refractivity contribution is 5.97. The lowest BCUT2D eigenvalue weighted by molar-refractivity contribution is -0.125. The lowest BCUT2D eigenvalue weighted by Gasteiger charge is -2.27. The predicted molar refractivity (Wildman–Crippen MR) is 91.0 cm³/mol. The summed E-state index contributed by atoms with van der Waals surface area (Å²) in [5.74, 6) is -0.299. The summed E-state index contributed by atoms with van der Waals surface area (Å²) in [7, 11) is 0. The molecule has 0 heterocycles. The lowest BCUT2D eigenvalue weighted by atomic mass is 9.98. The summed E-state index contributed by atoms with van der Waals surface area (Å²) in [5, 5.41) is 14.9. The Hall–Kier alpha value is -1.88. The van der Waals surface area contributed by atoms with Crippen LogP contribution in [0, 0.1) is 11.8 Å². The number of rotatable bonds is 8. The van der Waals surface area contributed by atoms with E-state index >= 15 is 0 Å². The van der Waals surface area contributed by atoms with E-state index in [1.807, 2.05) is 33.8 Å². The van der Waals surface area contributed by atoms with Crippen molar-refractivity contribution < 1.29 is 14.7 Å². The van der Waals surface area contributed by atoms with Crippen LogP contribution in [0.25, 0.3) is 0 Å². The highest BCUT2D eigenvalue weighted by atomic mass is 16.3. The molecule has 5 heteroatoms. The van der Waals surface area contributed by atoms with E-state index in [0.29, 0.717) is 12.0 Å². The van der Waals surface area contributed by atoms with Gasteiger partial charge in [0.1, 0.15) is 6.04 Å². The van der Waals surface area contributed by atoms with Crippen molar-refractivity contribution in [2.24, 2.45) is 11.8 Å². The molecule has 0 saturated carbocycles. The number of carbonyl (C=O) groups excluding carboxylic acids is 2. The fourth-order valence-corrected chi connectivity index (χ4v) is 2.33. The van der Waals surface area contributed by atoms with Gasteiger partial charge in [-0.15, -0.1) is 0 Å². The molecule has 0 aliphatic heterocycles. The molecule has 23 heavy (non-hydrogen) atoms. The summed E-state index contributed by atoms with van der Waals surface area (Å²) in [6.45, 7) is 7.80. The topological polar surface area (TPSA) is 78.4 Å². The Balaban J connectivity index is 2.77. The molecule has 0 saturated heterocycles. The van der Waals surface area contributed by atoms with Crippen LogP contribution in [0.2, 0.25) is 0 Å². The van der Waals surface area contributed by atoms with Gasteiger partial charge in [0, 0.05) is 18.2 Å². The minimum Gasteiger partial charge on any atom is -0.396 e. The average Bonchev–Trinajstić information content (AvgIpc) is 2.52. The van der Waals surface area contributed by atoms with Gasteiger partial charge in [-0.2, -0.15) is 0 Å². The fourth-order valence-electron chi connectivity index (χ4n) is 2.33. The molecule has 0 radical (unpaired) electrons. The first kappa shape index (κ1) is 19.2. The summed E-state index contributed by atoms with van der Waals surface area (Å²) >= 11 is 0. The maximum Gasteiger partial charge on any atom is 0.251 e. The number of amides is 2. The normalized spacial score (nSPS) is 13.7. The van der Waals surface area contributed by atoms with Gasteiger partial charge in [-0.05, 0) is 30.4 Å². The Morgan fingerprint density at radius 3 is 2.09 bits per heavy atom. The molecule has 1 rings (SSSR count). The molecule has 1 aromatic carbocycles. The molecule has 2 amide bonds. The molecule has 2 unspecified atom stereocenters. The number of hydrogen-bond acceptors (Lipinski definition) is 3. The maximum atomic E-state index is 12.5. The minimum absolute atomic E-state index is 0.0197. The van der Waals surface area contributed by atoms with E-state index < -0.39 is 6.04 Å². The molecule has 1 aromatic rings. The van der Waals surface area contributed by atoms with Crippen molar-refractivity contribution in [3.63, 3.8) is 0 Å². The van der Waals surface area contributed by atoms with Crippen LogP contribution in [-0.4, -0.2) is 35.6 Å². The molecule has 0 spiro atoms. The smallest absolute Gasteiger partial charge is 0.251 e. The first-order chi connectivity index (χ1) is 10.9. The molecule has 128 valence electrons. The number of aliphatic hydroxyl groups is 1. The highest BCUT2D eigenvalue weighted by Crippen LogP contribution is 2.09. The summed E-state index contributed by atoms with van der Waals surface area (Å²) in [6.07, 6.45) is 0.501. The third-order valence-corrected chi connectivity index (χ3v) is 3.84. The Kier molecular flexibility index (Phi) is 7.75. The molecule has 0 aromatic heterocycles. The van der Waals surface area contributed by atoms with Gasteiger partial charge in [0.15, 0.2) is 0 Å². The standard InChI is InChI=1S/C18H28N2O3/c1-12(2)15(10-11-21)19-18(23)16(13(3)4)20-17(22)14-8-6-5-7-9-14/h5-9,12-13,15-16,21H,10-11H2,1-4H3,(H,19,23)(H,20,22). The Morgan fingerprint density at radius 1 is 1.00 bits per heavy atom. The second-order valence-electron chi connectivity index (χ2n) is 6.43. The second kappa shape index (κ2) is 9.30. The van der Waals surface area contributed by atoms with Gasteiger partial charge in [-0.1, -0.05) is 45.9 Å². The fraction of sp³-hybridized carbons (Fsp3) is 0.556. The Labute approximate surface area is 138 Å². The molecule has 0 bridgehead atoms. The molecular weight excluding hydrogens is 292 g/mol. The SMILES string of the molecule is CC(C)C(CCO)NC(=O)C(NC(=O)c1ccccc1)C(C)C. The third kappa shape index (κ3) is 6.02. The zero-order valence-corrected chi connectivity index (χ0v) is 14.4. The van der Waals surface area contributed by atoms with E-state index in [1.54, 1.807) is 24.3 Å². The molecule has 5 nitrogen and oxygen atoms in total. The summed E-state index contributed by atoms with van der Waals surface area (Å²) in [4.78, 5) is 24.8. The van der Waals surface area contributed by atoms with E-state index in [9.17, 15) is 9.59 Å². The van der Waals surface area contributed by atoms with E-state index in [-0.39, 0.29) is 36.3 Å². The Bertz CT molecular complexity index is 500. The zero-order valence-electron chi connectivity index (χ0n) is 14.4. The van der Waals surface area contributed by atoms with Crippen molar-refractivity contribution >= 4 is 11.8 Å². The van der Waals surface area contributed by atoms with Crippen LogP contribution in [0.3, 0.4) is 0 Å². The first-order valence-electron chi connectivity index (χ1n) is 8.14. The third-order valence-electron chi connectivity index (χ3n) is 3.84. The summed E-state index contributed by atoms with van der Waals surface area (Å²) in [5.41, 5.74) is 0.529. The van der Waals surface area contributed by atoms with Crippen LogP contribution in [0.15, 0.2) is 30.3 Å². The Morgan fingerprint density at radius 2 is 1.61 bits per heavy atom. The molecule has 0 aliphatic carbocycles. The number of aliphatic hydroxyl groups excluding tert-OH is 1. The van der Waals surface area contributed by atoms with Gasteiger partial charge in [0.25, 0.3) is 5.91 Å². The van der Waals surface area contributed by atoms with Crippen molar-refractivity contribution in [1.82, 2.24) is 10.6 Å². The number of benzene rings is 1. The van der Waals surface area contributed by atoms with Crippen LogP contribution < -0.4 is 10.6 Å². The molecule has 0 aliphatic rings. The van der Waals surface area contributed by atoms with E-state index in [4.69, 9.17) is 5.11 Å². The molecule has 3 N–H and O–H groups in total. The van der Waals surface area contributed by atoms with Crippen LogP contribution in [-0.2, 0) is 4.79 Å². The molecular formula is C18H28N2O3. The number of hydrogen-bond donors (Lipinski definition) is 3. The number of nitrogens with one attached hydrogen (secondary N) is 2. The maximum absolute atomic E-state index is 12.5. The van der Waals surface area contributed by atoms with Crippen molar-refractivity contribution in [2.45, 2.75) is 46.2 Å². The first-order valence-corrected chi connectivity index (χ1v) is 8.14. The van der Waals surface area contributed by atoms with Crippen molar-refractivity contribution in [3.8, 4) is 0 Å². The van der Waals surface area contributed by atoms with Gasteiger partial charge in [0.2, 0.25) is 5.91 Å². The number of carbonyl (C=O) groups is 2. The van der Waals surface area contributed by atoms with Gasteiger partial charge in [-0.25, -0.2) is 0 Å². The minimum atomic E-state index is -0.609.